The number of imide groups is 1. The molecule has 0 unspecified atom stereocenters. The molecule has 0 bridgehead atoms. The van der Waals surface area contributed by atoms with Crippen molar-refractivity contribution in [1.29, 1.82) is 0 Å². The SMILES string of the molecule is CCCOc1ccccc1/C=C1/SC(=O)N(CC(=O)Nc2cccc3ccccc23)C1=O. The van der Waals surface area contributed by atoms with E-state index < -0.39 is 17.1 Å². The fourth-order valence-corrected chi connectivity index (χ4v) is 4.22. The van der Waals surface area contributed by atoms with Crippen LogP contribution in [0.25, 0.3) is 16.8 Å². The Labute approximate surface area is 190 Å². The molecule has 0 spiro atoms. The van der Waals surface area contributed by atoms with Crippen LogP contribution in [0.3, 0.4) is 0 Å². The first kappa shape index (κ1) is 21.6. The van der Waals surface area contributed by atoms with Gasteiger partial charge in [0.1, 0.15) is 12.3 Å². The number of hydrogen-bond donors (Lipinski definition) is 1. The Balaban J connectivity index is 1.49. The Hall–Kier alpha value is -3.58. The lowest BCUT2D eigenvalue weighted by Crippen LogP contribution is -2.36. The van der Waals surface area contributed by atoms with E-state index in [1.165, 1.54) is 0 Å². The average Bonchev–Trinajstić information content (AvgIpc) is 3.06. The summed E-state index contributed by atoms with van der Waals surface area (Å²) in [6.45, 7) is 2.22. The van der Waals surface area contributed by atoms with Gasteiger partial charge in [-0.3, -0.25) is 19.3 Å². The molecule has 3 amide bonds. The summed E-state index contributed by atoms with van der Waals surface area (Å²) >= 11 is 0.823. The van der Waals surface area contributed by atoms with Crippen LogP contribution in [-0.2, 0) is 9.59 Å². The molecule has 162 valence electrons. The van der Waals surface area contributed by atoms with E-state index in [2.05, 4.69) is 5.32 Å². The molecule has 7 heteroatoms. The van der Waals surface area contributed by atoms with Crippen LogP contribution in [0.5, 0.6) is 5.75 Å². The minimum atomic E-state index is -0.488. The molecule has 1 fully saturated rings. The molecule has 1 aliphatic heterocycles. The van der Waals surface area contributed by atoms with Gasteiger partial charge in [0, 0.05) is 16.6 Å². The minimum Gasteiger partial charge on any atom is -0.493 e. The highest BCUT2D eigenvalue weighted by Crippen LogP contribution is 2.34. The molecule has 1 heterocycles. The first-order chi connectivity index (χ1) is 15.6. The van der Waals surface area contributed by atoms with Crippen molar-refractivity contribution in [3.05, 3.63) is 77.2 Å². The zero-order valence-corrected chi connectivity index (χ0v) is 18.4. The monoisotopic (exact) mass is 446 g/mol. The summed E-state index contributed by atoms with van der Waals surface area (Å²) in [6, 6.07) is 20.6. The quantitative estimate of drug-likeness (QED) is 0.498. The third kappa shape index (κ3) is 4.68. The van der Waals surface area contributed by atoms with E-state index in [1.807, 2.05) is 67.6 Å². The summed E-state index contributed by atoms with van der Waals surface area (Å²) in [5, 5.41) is 4.22. The Kier molecular flexibility index (Phi) is 6.56. The summed E-state index contributed by atoms with van der Waals surface area (Å²) in [6.07, 6.45) is 2.50. The number of anilines is 1. The van der Waals surface area contributed by atoms with Crippen LogP contribution in [0.4, 0.5) is 10.5 Å². The van der Waals surface area contributed by atoms with Gasteiger partial charge in [-0.15, -0.1) is 0 Å². The number of rotatable bonds is 7. The lowest BCUT2D eigenvalue weighted by Gasteiger charge is -2.13. The van der Waals surface area contributed by atoms with Gasteiger partial charge in [0.25, 0.3) is 11.1 Å². The topological polar surface area (TPSA) is 75.7 Å². The maximum absolute atomic E-state index is 12.8. The van der Waals surface area contributed by atoms with E-state index in [9.17, 15) is 14.4 Å². The van der Waals surface area contributed by atoms with Gasteiger partial charge in [-0.2, -0.15) is 0 Å². The molecule has 1 N–H and O–H groups in total. The molecule has 3 aromatic rings. The first-order valence-corrected chi connectivity index (χ1v) is 11.1. The van der Waals surface area contributed by atoms with Crippen molar-refractivity contribution in [2.45, 2.75) is 13.3 Å². The van der Waals surface area contributed by atoms with Crippen molar-refractivity contribution in [3.8, 4) is 5.75 Å². The summed E-state index contributed by atoms with van der Waals surface area (Å²) in [5.41, 5.74) is 1.35. The number of nitrogens with zero attached hydrogens (tertiary/aromatic N) is 1. The normalized spacial score (nSPS) is 14.9. The molecule has 6 nitrogen and oxygen atoms in total. The Morgan fingerprint density at radius 1 is 1.03 bits per heavy atom. The predicted molar refractivity (Wildman–Crippen MR) is 127 cm³/mol. The fourth-order valence-electron chi connectivity index (χ4n) is 3.39. The molecular formula is C25H22N2O4S. The van der Waals surface area contributed by atoms with Crippen LogP contribution in [0.15, 0.2) is 71.6 Å². The number of ether oxygens (including phenoxy) is 1. The molecule has 1 saturated heterocycles. The second kappa shape index (κ2) is 9.70. The van der Waals surface area contributed by atoms with Crippen molar-refractivity contribution < 1.29 is 19.1 Å². The van der Waals surface area contributed by atoms with Crippen molar-refractivity contribution in [2.75, 3.05) is 18.5 Å². The minimum absolute atomic E-state index is 0.264. The zero-order valence-electron chi connectivity index (χ0n) is 17.5. The Bertz CT molecular complexity index is 1220. The zero-order chi connectivity index (χ0) is 22.5. The molecule has 3 aromatic carbocycles. The van der Waals surface area contributed by atoms with Crippen LogP contribution >= 0.6 is 11.8 Å². The van der Waals surface area contributed by atoms with Crippen LogP contribution in [0.2, 0.25) is 0 Å². The van der Waals surface area contributed by atoms with Crippen molar-refractivity contribution >= 4 is 51.4 Å². The van der Waals surface area contributed by atoms with Gasteiger partial charge in [-0.05, 0) is 41.8 Å². The largest absolute Gasteiger partial charge is 0.493 e. The van der Waals surface area contributed by atoms with E-state index >= 15 is 0 Å². The van der Waals surface area contributed by atoms with Crippen molar-refractivity contribution in [2.24, 2.45) is 0 Å². The average molecular weight is 447 g/mol. The second-order valence-corrected chi connectivity index (χ2v) is 8.22. The van der Waals surface area contributed by atoms with Gasteiger partial charge < -0.3 is 10.1 Å². The van der Waals surface area contributed by atoms with Gasteiger partial charge in [0.2, 0.25) is 5.91 Å². The lowest BCUT2D eigenvalue weighted by atomic mass is 10.1. The molecule has 4 rings (SSSR count). The second-order valence-electron chi connectivity index (χ2n) is 7.23. The maximum Gasteiger partial charge on any atom is 0.294 e. The third-order valence-electron chi connectivity index (χ3n) is 4.91. The van der Waals surface area contributed by atoms with E-state index in [0.29, 0.717) is 23.6 Å². The summed E-state index contributed by atoms with van der Waals surface area (Å²) in [4.78, 5) is 39.2. The summed E-state index contributed by atoms with van der Waals surface area (Å²) in [5.74, 6) is -0.273. The summed E-state index contributed by atoms with van der Waals surface area (Å²) in [7, 11) is 0. The van der Waals surface area contributed by atoms with Gasteiger partial charge in [-0.1, -0.05) is 61.5 Å². The van der Waals surface area contributed by atoms with E-state index in [4.69, 9.17) is 4.74 Å². The van der Waals surface area contributed by atoms with E-state index in [-0.39, 0.29) is 11.4 Å². The van der Waals surface area contributed by atoms with Crippen molar-refractivity contribution in [1.82, 2.24) is 4.90 Å². The maximum atomic E-state index is 12.8. The Morgan fingerprint density at radius 2 is 1.78 bits per heavy atom. The number of benzene rings is 3. The molecule has 0 aliphatic carbocycles. The molecule has 0 saturated carbocycles. The standard InChI is InChI=1S/C25H22N2O4S/c1-2-14-31-21-13-6-4-9-18(21)15-22-24(29)27(25(30)32-22)16-23(28)26-20-12-7-10-17-8-3-5-11-19(17)20/h3-13,15H,2,14,16H2,1H3,(H,26,28)/b22-15+. The molecule has 1 aliphatic rings. The predicted octanol–water partition coefficient (Wildman–Crippen LogP) is 5.30. The van der Waals surface area contributed by atoms with Gasteiger partial charge in [0.15, 0.2) is 0 Å². The lowest BCUT2D eigenvalue weighted by molar-refractivity contribution is -0.127. The highest BCUT2D eigenvalue weighted by molar-refractivity contribution is 8.18. The smallest absolute Gasteiger partial charge is 0.294 e. The number of thioether (sulfide) groups is 1. The van der Waals surface area contributed by atoms with Crippen LogP contribution in [-0.4, -0.2) is 35.1 Å². The number of hydrogen-bond acceptors (Lipinski definition) is 5. The van der Waals surface area contributed by atoms with Gasteiger partial charge >= 0.3 is 0 Å². The number of nitrogens with one attached hydrogen (secondary N) is 1. The molecule has 0 radical (unpaired) electrons. The number of amides is 3. The van der Waals surface area contributed by atoms with Gasteiger partial charge in [-0.25, -0.2) is 0 Å². The highest BCUT2D eigenvalue weighted by atomic mass is 32.2. The van der Waals surface area contributed by atoms with Crippen LogP contribution < -0.4 is 10.1 Å². The molecule has 0 atom stereocenters. The number of para-hydroxylation sites is 1. The van der Waals surface area contributed by atoms with Crippen molar-refractivity contribution in [3.63, 3.8) is 0 Å². The number of carbonyl (C=O) groups excluding carboxylic acids is 3. The van der Waals surface area contributed by atoms with Crippen LogP contribution in [0.1, 0.15) is 18.9 Å². The van der Waals surface area contributed by atoms with Crippen LogP contribution in [0, 0.1) is 0 Å². The molecule has 32 heavy (non-hydrogen) atoms. The third-order valence-corrected chi connectivity index (χ3v) is 5.81. The molecule has 0 aromatic heterocycles. The highest BCUT2D eigenvalue weighted by Gasteiger charge is 2.36. The number of carbonyl (C=O) groups is 3. The summed E-state index contributed by atoms with van der Waals surface area (Å²) < 4.78 is 5.72. The first-order valence-electron chi connectivity index (χ1n) is 10.3. The fraction of sp³-hybridized carbons (Fsp3) is 0.160. The number of fused-ring (bicyclic) bond motifs is 1. The van der Waals surface area contributed by atoms with Gasteiger partial charge in [0.05, 0.1) is 11.5 Å². The Morgan fingerprint density at radius 3 is 2.62 bits per heavy atom. The van der Waals surface area contributed by atoms with E-state index in [1.54, 1.807) is 12.1 Å². The van der Waals surface area contributed by atoms with E-state index in [0.717, 1.165) is 33.9 Å². The molecular weight excluding hydrogens is 424 g/mol.